The van der Waals surface area contributed by atoms with Crippen molar-refractivity contribution >= 4 is 29.1 Å². The van der Waals surface area contributed by atoms with Crippen LogP contribution in [-0.4, -0.2) is 80.3 Å². The van der Waals surface area contributed by atoms with Gasteiger partial charge < -0.3 is 25.0 Å². The summed E-state index contributed by atoms with van der Waals surface area (Å²) in [4.78, 5) is 41.8. The fourth-order valence-electron chi connectivity index (χ4n) is 5.40. The van der Waals surface area contributed by atoms with E-state index in [-0.39, 0.29) is 23.8 Å². The Balaban J connectivity index is 1.22. The first-order valence-electron chi connectivity index (χ1n) is 11.6. The first kappa shape index (κ1) is 22.1. The number of rotatable bonds is 7. The topological polar surface area (TPSA) is 100 Å². The van der Waals surface area contributed by atoms with Gasteiger partial charge in [0.1, 0.15) is 5.60 Å². The normalized spacial score (nSPS) is 30.5. The monoisotopic (exact) mass is 454 g/mol. The van der Waals surface area contributed by atoms with Gasteiger partial charge in [0.05, 0.1) is 37.7 Å². The molecule has 1 aromatic rings. The molecule has 4 heterocycles. The van der Waals surface area contributed by atoms with E-state index in [4.69, 9.17) is 9.47 Å². The van der Waals surface area contributed by atoms with E-state index in [0.717, 1.165) is 45.0 Å². The van der Waals surface area contributed by atoms with Crippen molar-refractivity contribution in [3.05, 3.63) is 36.4 Å². The van der Waals surface area contributed by atoms with Crippen LogP contribution in [0.4, 0.5) is 11.4 Å². The summed E-state index contributed by atoms with van der Waals surface area (Å²) in [7, 11) is 0. The largest absolute Gasteiger partial charge is 0.379 e. The van der Waals surface area contributed by atoms with Crippen molar-refractivity contribution < 1.29 is 23.9 Å². The summed E-state index contributed by atoms with van der Waals surface area (Å²) in [6.07, 6.45) is 4.37. The maximum absolute atomic E-state index is 13.4. The Hall–Kier alpha value is -2.75. The molecular weight excluding hydrogens is 424 g/mol. The molecule has 0 aromatic heterocycles. The van der Waals surface area contributed by atoms with Gasteiger partial charge in [0.15, 0.2) is 0 Å². The van der Waals surface area contributed by atoms with E-state index in [1.165, 1.54) is 6.92 Å². The van der Waals surface area contributed by atoms with Gasteiger partial charge in [-0.05, 0) is 37.2 Å². The molecule has 1 aromatic carbocycles. The third kappa shape index (κ3) is 4.16. The zero-order valence-corrected chi connectivity index (χ0v) is 18.8. The summed E-state index contributed by atoms with van der Waals surface area (Å²) >= 11 is 0. The van der Waals surface area contributed by atoms with E-state index in [0.29, 0.717) is 18.8 Å². The number of amides is 3. The van der Waals surface area contributed by atoms with E-state index in [1.807, 2.05) is 12.2 Å². The number of nitrogens with one attached hydrogen (secondary N) is 2. The minimum Gasteiger partial charge on any atom is -0.379 e. The molecule has 0 saturated carbocycles. The highest BCUT2D eigenvalue weighted by Gasteiger charge is 2.67. The van der Waals surface area contributed by atoms with Crippen molar-refractivity contribution in [3.8, 4) is 0 Å². The van der Waals surface area contributed by atoms with E-state index >= 15 is 0 Å². The number of carbonyl (C=O) groups is 3. The Morgan fingerprint density at radius 2 is 1.94 bits per heavy atom. The second-order valence-corrected chi connectivity index (χ2v) is 9.15. The highest BCUT2D eigenvalue weighted by atomic mass is 16.5. The van der Waals surface area contributed by atoms with Crippen LogP contribution in [0.15, 0.2) is 36.4 Å². The lowest BCUT2D eigenvalue weighted by Gasteiger charge is -2.27. The smallest absolute Gasteiger partial charge is 0.234 e. The molecule has 3 fully saturated rings. The molecule has 2 N–H and O–H groups in total. The number of hydrogen-bond acceptors (Lipinski definition) is 6. The van der Waals surface area contributed by atoms with Crippen molar-refractivity contribution in [3.63, 3.8) is 0 Å². The van der Waals surface area contributed by atoms with Gasteiger partial charge in [-0.3, -0.25) is 19.3 Å². The number of hydrogen-bond donors (Lipinski definition) is 2. The molecule has 9 nitrogen and oxygen atoms in total. The molecule has 5 rings (SSSR count). The summed E-state index contributed by atoms with van der Waals surface area (Å²) in [5.74, 6) is -1.41. The van der Waals surface area contributed by atoms with Crippen molar-refractivity contribution in [1.82, 2.24) is 10.2 Å². The third-order valence-electron chi connectivity index (χ3n) is 6.96. The van der Waals surface area contributed by atoms with Gasteiger partial charge in [0, 0.05) is 37.9 Å². The van der Waals surface area contributed by atoms with Crippen LogP contribution >= 0.6 is 0 Å². The Morgan fingerprint density at radius 1 is 1.18 bits per heavy atom. The van der Waals surface area contributed by atoms with Crippen LogP contribution in [0.2, 0.25) is 0 Å². The number of anilines is 2. The molecule has 3 amide bonds. The van der Waals surface area contributed by atoms with Gasteiger partial charge in [-0.15, -0.1) is 0 Å². The molecule has 33 heavy (non-hydrogen) atoms. The van der Waals surface area contributed by atoms with Crippen molar-refractivity contribution in [1.29, 1.82) is 0 Å². The Morgan fingerprint density at radius 3 is 2.67 bits per heavy atom. The number of ether oxygens (including phenoxy) is 2. The predicted molar refractivity (Wildman–Crippen MR) is 122 cm³/mol. The minimum atomic E-state index is -0.756. The van der Waals surface area contributed by atoms with E-state index in [2.05, 4.69) is 15.5 Å². The SMILES string of the molecule is CC(=O)Nc1ccc(N2C[C@@]34C=C[C@@H](O3)[C@H](C(=O)NCCCN3CCOCC3)[C@H]4C2=O)cc1. The Labute approximate surface area is 193 Å². The highest BCUT2D eigenvalue weighted by Crippen LogP contribution is 2.52. The van der Waals surface area contributed by atoms with Crippen LogP contribution in [0.3, 0.4) is 0 Å². The molecule has 3 saturated heterocycles. The molecule has 4 atom stereocenters. The van der Waals surface area contributed by atoms with Crippen LogP contribution < -0.4 is 15.5 Å². The number of nitrogens with zero attached hydrogens (tertiary/aromatic N) is 2. The molecule has 2 bridgehead atoms. The summed E-state index contributed by atoms with van der Waals surface area (Å²) in [6, 6.07) is 7.14. The molecule has 0 unspecified atom stereocenters. The summed E-state index contributed by atoms with van der Waals surface area (Å²) in [5.41, 5.74) is 0.638. The van der Waals surface area contributed by atoms with Crippen LogP contribution in [0.1, 0.15) is 13.3 Å². The molecule has 1 spiro atoms. The second-order valence-electron chi connectivity index (χ2n) is 9.15. The fourth-order valence-corrected chi connectivity index (χ4v) is 5.40. The summed E-state index contributed by atoms with van der Waals surface area (Å²) in [6.45, 7) is 6.70. The van der Waals surface area contributed by atoms with Crippen molar-refractivity contribution in [2.45, 2.75) is 25.0 Å². The van der Waals surface area contributed by atoms with Gasteiger partial charge >= 0.3 is 0 Å². The molecule has 4 aliphatic heterocycles. The third-order valence-corrected chi connectivity index (χ3v) is 6.96. The number of carbonyl (C=O) groups excluding carboxylic acids is 3. The lowest BCUT2D eigenvalue weighted by atomic mass is 9.77. The molecule has 9 heteroatoms. The van der Waals surface area contributed by atoms with Gasteiger partial charge in [0.2, 0.25) is 17.7 Å². The second kappa shape index (κ2) is 8.89. The first-order valence-corrected chi connectivity index (χ1v) is 11.6. The molecular formula is C24H30N4O5. The van der Waals surface area contributed by atoms with Gasteiger partial charge in [-0.2, -0.15) is 0 Å². The molecule has 4 aliphatic rings. The van der Waals surface area contributed by atoms with E-state index in [1.54, 1.807) is 29.2 Å². The zero-order chi connectivity index (χ0) is 23.0. The summed E-state index contributed by atoms with van der Waals surface area (Å²) in [5, 5.41) is 5.76. The van der Waals surface area contributed by atoms with Crippen molar-refractivity contribution in [2.24, 2.45) is 11.8 Å². The first-order chi connectivity index (χ1) is 16.0. The van der Waals surface area contributed by atoms with Crippen LogP contribution in [0.25, 0.3) is 0 Å². The quantitative estimate of drug-likeness (QED) is 0.466. The van der Waals surface area contributed by atoms with Crippen LogP contribution in [0, 0.1) is 11.8 Å². The fraction of sp³-hybridized carbons (Fsp3) is 0.542. The molecule has 0 radical (unpaired) electrons. The Bertz CT molecular complexity index is 958. The highest BCUT2D eigenvalue weighted by molar-refractivity contribution is 6.03. The number of benzene rings is 1. The molecule has 176 valence electrons. The standard InChI is InChI=1S/C24H30N4O5/c1-16(29)26-17-3-5-18(6-4-17)28-15-24-8-7-19(33-24)20(21(24)23(28)31)22(30)25-9-2-10-27-11-13-32-14-12-27/h3-8,19-21H,2,9-15H2,1H3,(H,25,30)(H,26,29)/t19-,20+,21+,24-/m1/s1. The summed E-state index contributed by atoms with van der Waals surface area (Å²) < 4.78 is 11.6. The number of morpholine rings is 1. The lowest BCUT2D eigenvalue weighted by Crippen LogP contribution is -2.45. The predicted octanol–water partition coefficient (Wildman–Crippen LogP) is 0.770. The van der Waals surface area contributed by atoms with E-state index in [9.17, 15) is 14.4 Å². The Kier molecular flexibility index (Phi) is 5.94. The van der Waals surface area contributed by atoms with Crippen molar-refractivity contribution in [2.75, 3.05) is 56.2 Å². The number of fused-ring (bicyclic) bond motifs is 1. The van der Waals surface area contributed by atoms with Gasteiger partial charge in [0.25, 0.3) is 0 Å². The maximum atomic E-state index is 13.4. The van der Waals surface area contributed by atoms with Gasteiger partial charge in [-0.25, -0.2) is 0 Å². The lowest BCUT2D eigenvalue weighted by molar-refractivity contribution is -0.131. The average Bonchev–Trinajstić information content (AvgIpc) is 3.46. The van der Waals surface area contributed by atoms with Crippen LogP contribution in [-0.2, 0) is 23.9 Å². The zero-order valence-electron chi connectivity index (χ0n) is 18.8. The van der Waals surface area contributed by atoms with Crippen LogP contribution in [0.5, 0.6) is 0 Å². The maximum Gasteiger partial charge on any atom is 0.234 e. The van der Waals surface area contributed by atoms with E-state index < -0.39 is 17.4 Å². The molecule has 0 aliphatic carbocycles. The average molecular weight is 455 g/mol. The van der Waals surface area contributed by atoms with Gasteiger partial charge in [-0.1, -0.05) is 12.2 Å². The minimum absolute atomic E-state index is 0.0948.